The second kappa shape index (κ2) is 10.5. The Bertz CT molecular complexity index is 885. The zero-order chi connectivity index (χ0) is 19.8. The summed E-state index contributed by atoms with van der Waals surface area (Å²) in [6.45, 7) is 2.04. The van der Waals surface area contributed by atoms with Gasteiger partial charge in [-0.15, -0.1) is 0 Å². The van der Waals surface area contributed by atoms with Gasteiger partial charge in [-0.1, -0.05) is 70.0 Å². The number of halogens is 2. The molecule has 3 aromatic rings. The van der Waals surface area contributed by atoms with Crippen LogP contribution in [0.3, 0.4) is 0 Å². The maximum atomic E-state index is 6.13. The van der Waals surface area contributed by atoms with Crippen molar-refractivity contribution in [3.05, 3.63) is 92.9 Å². The van der Waals surface area contributed by atoms with Gasteiger partial charge in [0.15, 0.2) is 11.5 Å². The minimum absolute atomic E-state index is 0.497. The molecule has 0 aliphatic rings. The molecule has 0 amide bonds. The number of hydrogen-bond donors (Lipinski definition) is 1. The molecule has 146 valence electrons. The van der Waals surface area contributed by atoms with Crippen LogP contribution in [0.1, 0.15) is 16.7 Å². The fourth-order valence-electron chi connectivity index (χ4n) is 2.91. The molecule has 5 heteroatoms. The Hall–Kier alpha value is -2.01. The Morgan fingerprint density at radius 3 is 2.43 bits per heavy atom. The Balaban J connectivity index is 1.64. The first-order chi connectivity index (χ1) is 13.7. The summed E-state index contributed by atoms with van der Waals surface area (Å²) in [5.41, 5.74) is 3.43. The summed E-state index contributed by atoms with van der Waals surface area (Å²) in [4.78, 5) is 0. The van der Waals surface area contributed by atoms with Crippen LogP contribution in [0, 0.1) is 0 Å². The molecule has 0 spiro atoms. The molecule has 0 aliphatic carbocycles. The molecule has 0 unspecified atom stereocenters. The van der Waals surface area contributed by atoms with E-state index in [2.05, 4.69) is 51.6 Å². The Morgan fingerprint density at radius 1 is 0.964 bits per heavy atom. The van der Waals surface area contributed by atoms with Gasteiger partial charge >= 0.3 is 0 Å². The Kier molecular flexibility index (Phi) is 7.78. The third-order valence-electron chi connectivity index (χ3n) is 4.36. The first-order valence-corrected chi connectivity index (χ1v) is 10.3. The zero-order valence-corrected chi connectivity index (χ0v) is 18.1. The highest BCUT2D eigenvalue weighted by molar-refractivity contribution is 9.10. The summed E-state index contributed by atoms with van der Waals surface area (Å²) >= 11 is 9.50. The lowest BCUT2D eigenvalue weighted by atomic mass is 10.1. The van der Waals surface area contributed by atoms with Gasteiger partial charge in [-0.05, 0) is 48.4 Å². The van der Waals surface area contributed by atoms with Gasteiger partial charge in [0.05, 0.1) is 7.11 Å². The standard InChI is InChI=1S/C23H23BrClNO2/c1-27-22-14-20(24)13-19(23(22)28-16-18-5-3-2-4-6-18)15-26-12-11-17-7-9-21(25)10-8-17/h2-10,13-14,26H,11-12,15-16H2,1H3. The SMILES string of the molecule is COc1cc(Br)cc(CNCCc2ccc(Cl)cc2)c1OCc1ccccc1. The molecule has 0 saturated carbocycles. The smallest absolute Gasteiger partial charge is 0.166 e. The van der Waals surface area contributed by atoms with Gasteiger partial charge in [0.1, 0.15) is 6.61 Å². The predicted octanol–water partition coefficient (Wildman–Crippen LogP) is 6.02. The highest BCUT2D eigenvalue weighted by Gasteiger charge is 2.13. The summed E-state index contributed by atoms with van der Waals surface area (Å²) in [5, 5.41) is 4.25. The van der Waals surface area contributed by atoms with Gasteiger partial charge < -0.3 is 14.8 Å². The third-order valence-corrected chi connectivity index (χ3v) is 5.07. The summed E-state index contributed by atoms with van der Waals surface area (Å²) < 4.78 is 12.6. The van der Waals surface area contributed by atoms with Crippen LogP contribution >= 0.6 is 27.5 Å². The maximum absolute atomic E-state index is 6.13. The van der Waals surface area contributed by atoms with E-state index in [1.807, 2.05) is 36.4 Å². The molecule has 1 N–H and O–H groups in total. The Labute approximate surface area is 179 Å². The number of ether oxygens (including phenoxy) is 2. The van der Waals surface area contributed by atoms with Crippen molar-refractivity contribution in [2.45, 2.75) is 19.6 Å². The van der Waals surface area contributed by atoms with Gasteiger partial charge in [0, 0.05) is 21.6 Å². The number of methoxy groups -OCH3 is 1. The van der Waals surface area contributed by atoms with E-state index in [4.69, 9.17) is 21.1 Å². The molecule has 0 radical (unpaired) electrons. The lowest BCUT2D eigenvalue weighted by molar-refractivity contribution is 0.280. The number of nitrogens with one attached hydrogen (secondary N) is 1. The Morgan fingerprint density at radius 2 is 1.71 bits per heavy atom. The highest BCUT2D eigenvalue weighted by atomic mass is 79.9. The topological polar surface area (TPSA) is 30.5 Å². The average molecular weight is 461 g/mol. The molecule has 3 nitrogen and oxygen atoms in total. The largest absolute Gasteiger partial charge is 0.493 e. The molecule has 3 aromatic carbocycles. The highest BCUT2D eigenvalue weighted by Crippen LogP contribution is 2.35. The molecule has 0 saturated heterocycles. The molecule has 0 aliphatic heterocycles. The fraction of sp³-hybridized carbons (Fsp3) is 0.217. The van der Waals surface area contributed by atoms with E-state index < -0.39 is 0 Å². The van der Waals surface area contributed by atoms with Crippen LogP contribution in [-0.2, 0) is 19.6 Å². The third kappa shape index (κ3) is 5.99. The lowest BCUT2D eigenvalue weighted by Crippen LogP contribution is -2.17. The minimum atomic E-state index is 0.497. The van der Waals surface area contributed by atoms with Crippen molar-refractivity contribution in [1.29, 1.82) is 0 Å². The van der Waals surface area contributed by atoms with E-state index in [1.165, 1.54) is 5.56 Å². The van der Waals surface area contributed by atoms with Crippen molar-refractivity contribution >= 4 is 27.5 Å². The molecule has 3 rings (SSSR count). The van der Waals surface area contributed by atoms with Crippen molar-refractivity contribution in [3.63, 3.8) is 0 Å². The molecule has 0 aromatic heterocycles. The molecule has 0 fully saturated rings. The van der Waals surface area contributed by atoms with E-state index in [0.717, 1.165) is 45.1 Å². The zero-order valence-electron chi connectivity index (χ0n) is 15.8. The molecular formula is C23H23BrClNO2. The van der Waals surface area contributed by atoms with Gasteiger partial charge in [0.25, 0.3) is 0 Å². The molecule has 0 heterocycles. The lowest BCUT2D eigenvalue weighted by Gasteiger charge is -2.16. The summed E-state index contributed by atoms with van der Waals surface area (Å²) in [5.74, 6) is 1.49. The average Bonchev–Trinajstić information content (AvgIpc) is 2.72. The van der Waals surface area contributed by atoms with E-state index in [9.17, 15) is 0 Å². The quantitative estimate of drug-likeness (QED) is 0.396. The summed E-state index contributed by atoms with van der Waals surface area (Å²) in [6.07, 6.45) is 0.933. The first kappa shape index (κ1) is 20.7. The van der Waals surface area contributed by atoms with Crippen LogP contribution in [0.15, 0.2) is 71.2 Å². The maximum Gasteiger partial charge on any atom is 0.166 e. The van der Waals surface area contributed by atoms with E-state index in [-0.39, 0.29) is 0 Å². The minimum Gasteiger partial charge on any atom is -0.493 e. The number of rotatable bonds is 9. The van der Waals surface area contributed by atoms with Crippen LogP contribution in [-0.4, -0.2) is 13.7 Å². The van der Waals surface area contributed by atoms with Crippen LogP contribution in [0.2, 0.25) is 5.02 Å². The van der Waals surface area contributed by atoms with E-state index >= 15 is 0 Å². The van der Waals surface area contributed by atoms with Crippen LogP contribution in [0.5, 0.6) is 11.5 Å². The summed E-state index contributed by atoms with van der Waals surface area (Å²) in [7, 11) is 1.66. The van der Waals surface area contributed by atoms with Crippen LogP contribution < -0.4 is 14.8 Å². The monoisotopic (exact) mass is 459 g/mol. The fourth-order valence-corrected chi connectivity index (χ4v) is 3.52. The molecule has 0 atom stereocenters. The van der Waals surface area contributed by atoms with Crippen molar-refractivity contribution in [1.82, 2.24) is 5.32 Å². The van der Waals surface area contributed by atoms with E-state index in [1.54, 1.807) is 7.11 Å². The predicted molar refractivity (Wildman–Crippen MR) is 118 cm³/mol. The normalized spacial score (nSPS) is 10.7. The second-order valence-electron chi connectivity index (χ2n) is 6.42. The summed E-state index contributed by atoms with van der Waals surface area (Å²) in [6, 6.07) is 22.1. The van der Waals surface area contributed by atoms with Crippen LogP contribution in [0.4, 0.5) is 0 Å². The molecule has 0 bridgehead atoms. The van der Waals surface area contributed by atoms with Crippen LogP contribution in [0.25, 0.3) is 0 Å². The van der Waals surface area contributed by atoms with Gasteiger partial charge in [-0.3, -0.25) is 0 Å². The van der Waals surface area contributed by atoms with Crippen molar-refractivity contribution in [2.75, 3.05) is 13.7 Å². The molecule has 28 heavy (non-hydrogen) atoms. The number of hydrogen-bond acceptors (Lipinski definition) is 3. The van der Waals surface area contributed by atoms with Crippen molar-refractivity contribution in [2.24, 2.45) is 0 Å². The molecular weight excluding hydrogens is 438 g/mol. The second-order valence-corrected chi connectivity index (χ2v) is 7.78. The van der Waals surface area contributed by atoms with Crippen molar-refractivity contribution < 1.29 is 9.47 Å². The van der Waals surface area contributed by atoms with Gasteiger partial charge in [0.2, 0.25) is 0 Å². The van der Waals surface area contributed by atoms with Gasteiger partial charge in [-0.2, -0.15) is 0 Å². The van der Waals surface area contributed by atoms with Crippen molar-refractivity contribution in [3.8, 4) is 11.5 Å². The van der Waals surface area contributed by atoms with E-state index in [0.29, 0.717) is 13.2 Å². The first-order valence-electron chi connectivity index (χ1n) is 9.14. The number of benzene rings is 3. The van der Waals surface area contributed by atoms with Gasteiger partial charge in [-0.25, -0.2) is 0 Å².